The maximum Gasteiger partial charge on any atom is 0.287 e. The van der Waals surface area contributed by atoms with E-state index in [1.165, 1.54) is 11.8 Å². The number of furan rings is 1. The average molecular weight is 321 g/mol. The molecule has 0 radical (unpaired) electrons. The lowest BCUT2D eigenvalue weighted by Gasteiger charge is -2.20. The van der Waals surface area contributed by atoms with Crippen LogP contribution in [0.5, 0.6) is 0 Å². The molecule has 0 fully saturated rings. The van der Waals surface area contributed by atoms with Crippen molar-refractivity contribution in [3.8, 4) is 0 Å². The average Bonchev–Trinajstić information content (AvgIpc) is 2.83. The van der Waals surface area contributed by atoms with Gasteiger partial charge in [-0.3, -0.25) is 4.79 Å². The van der Waals surface area contributed by atoms with Crippen LogP contribution in [0.25, 0.3) is 11.0 Å². The van der Waals surface area contributed by atoms with E-state index in [0.717, 1.165) is 27.7 Å². The SMILES string of the molecule is CSC(CO)C(C)NC(=O)c1oc2c(C)ccc(C)c2c1C. The predicted octanol–water partition coefficient (Wildman–Crippen LogP) is 3.20. The Morgan fingerprint density at radius 1 is 1.32 bits per heavy atom. The molecule has 0 aliphatic heterocycles. The van der Waals surface area contributed by atoms with Crippen LogP contribution < -0.4 is 5.32 Å². The summed E-state index contributed by atoms with van der Waals surface area (Å²) >= 11 is 1.53. The number of aliphatic hydroxyl groups is 1. The number of carbonyl (C=O) groups is 1. The van der Waals surface area contributed by atoms with Gasteiger partial charge in [0.05, 0.1) is 6.61 Å². The third kappa shape index (κ3) is 3.01. The Balaban J connectivity index is 2.35. The molecule has 2 atom stereocenters. The number of carbonyl (C=O) groups excluding carboxylic acids is 1. The number of hydrogen-bond acceptors (Lipinski definition) is 4. The van der Waals surface area contributed by atoms with Crippen LogP contribution in [0.3, 0.4) is 0 Å². The first-order valence-corrected chi connectivity index (χ1v) is 8.63. The van der Waals surface area contributed by atoms with E-state index in [1.54, 1.807) is 0 Å². The molecule has 1 aromatic carbocycles. The summed E-state index contributed by atoms with van der Waals surface area (Å²) in [7, 11) is 0. The van der Waals surface area contributed by atoms with Gasteiger partial charge in [0.15, 0.2) is 5.76 Å². The van der Waals surface area contributed by atoms with Crippen molar-refractivity contribution in [3.05, 3.63) is 34.6 Å². The second-order valence-electron chi connectivity index (χ2n) is 5.68. The van der Waals surface area contributed by atoms with Crippen molar-refractivity contribution in [3.63, 3.8) is 0 Å². The third-order valence-electron chi connectivity index (χ3n) is 4.09. The highest BCUT2D eigenvalue weighted by molar-refractivity contribution is 7.99. The predicted molar refractivity (Wildman–Crippen MR) is 91.7 cm³/mol. The topological polar surface area (TPSA) is 62.5 Å². The molecule has 2 unspecified atom stereocenters. The normalized spacial score (nSPS) is 14.1. The maximum atomic E-state index is 12.5. The number of fused-ring (bicyclic) bond motifs is 1. The van der Waals surface area contributed by atoms with Crippen molar-refractivity contribution in [2.75, 3.05) is 12.9 Å². The molecule has 0 spiro atoms. The molecule has 0 aliphatic rings. The van der Waals surface area contributed by atoms with Crippen molar-refractivity contribution in [2.45, 2.75) is 39.0 Å². The summed E-state index contributed by atoms with van der Waals surface area (Å²) in [6.45, 7) is 7.83. The number of hydrogen-bond donors (Lipinski definition) is 2. The third-order valence-corrected chi connectivity index (χ3v) is 5.25. The number of benzene rings is 1. The minimum Gasteiger partial charge on any atom is -0.450 e. The van der Waals surface area contributed by atoms with Crippen LogP contribution in [-0.2, 0) is 0 Å². The number of aryl methyl sites for hydroxylation is 3. The molecule has 1 amide bonds. The largest absolute Gasteiger partial charge is 0.450 e. The van der Waals surface area contributed by atoms with Crippen LogP contribution in [0.4, 0.5) is 0 Å². The van der Waals surface area contributed by atoms with Crippen molar-refractivity contribution < 1.29 is 14.3 Å². The van der Waals surface area contributed by atoms with Gasteiger partial charge >= 0.3 is 0 Å². The van der Waals surface area contributed by atoms with E-state index in [0.29, 0.717) is 5.76 Å². The second-order valence-corrected chi connectivity index (χ2v) is 6.76. The summed E-state index contributed by atoms with van der Waals surface area (Å²) in [6, 6.07) is 3.91. The highest BCUT2D eigenvalue weighted by atomic mass is 32.2. The second kappa shape index (κ2) is 6.75. The Bertz CT molecular complexity index is 689. The Morgan fingerprint density at radius 3 is 2.50 bits per heavy atom. The van der Waals surface area contributed by atoms with E-state index in [-0.39, 0.29) is 23.8 Å². The first-order valence-electron chi connectivity index (χ1n) is 7.34. The van der Waals surface area contributed by atoms with Gasteiger partial charge < -0.3 is 14.8 Å². The van der Waals surface area contributed by atoms with Gasteiger partial charge in [-0.15, -0.1) is 0 Å². The van der Waals surface area contributed by atoms with Gasteiger partial charge in [-0.25, -0.2) is 0 Å². The maximum absolute atomic E-state index is 12.5. The summed E-state index contributed by atoms with van der Waals surface area (Å²) in [5.74, 6) is 0.129. The summed E-state index contributed by atoms with van der Waals surface area (Å²) in [5, 5.41) is 13.2. The first-order chi connectivity index (χ1) is 10.4. The number of thioether (sulfide) groups is 1. The van der Waals surface area contributed by atoms with E-state index in [2.05, 4.69) is 5.32 Å². The van der Waals surface area contributed by atoms with E-state index in [9.17, 15) is 9.90 Å². The van der Waals surface area contributed by atoms with Gasteiger partial charge in [-0.1, -0.05) is 12.1 Å². The van der Waals surface area contributed by atoms with Crippen LogP contribution in [0.15, 0.2) is 16.5 Å². The smallest absolute Gasteiger partial charge is 0.287 e. The van der Waals surface area contributed by atoms with E-state index in [4.69, 9.17) is 4.42 Å². The number of nitrogens with one attached hydrogen (secondary N) is 1. The minimum absolute atomic E-state index is 0.0277. The number of rotatable bonds is 5. The monoisotopic (exact) mass is 321 g/mol. The Morgan fingerprint density at radius 2 is 1.95 bits per heavy atom. The van der Waals surface area contributed by atoms with Crippen LogP contribution in [0, 0.1) is 20.8 Å². The Labute approximate surface area is 135 Å². The van der Waals surface area contributed by atoms with Crippen molar-refractivity contribution in [2.24, 2.45) is 0 Å². The first kappa shape index (κ1) is 16.9. The molecule has 0 aliphatic carbocycles. The fourth-order valence-corrected chi connectivity index (χ4v) is 3.32. The minimum atomic E-state index is -0.229. The Kier molecular flexibility index (Phi) is 5.19. The van der Waals surface area contributed by atoms with Crippen LogP contribution >= 0.6 is 11.8 Å². The summed E-state index contributed by atoms with van der Waals surface area (Å²) in [4.78, 5) is 12.5. The molecule has 2 N–H and O–H groups in total. The molecule has 120 valence electrons. The standard InChI is InChI=1S/C17H23NO3S/c1-9-6-7-10(2)15-14(9)11(3)16(21-15)17(20)18-12(4)13(8-19)22-5/h6-7,12-13,19H,8H2,1-5H3,(H,18,20). The fraction of sp³-hybridized carbons (Fsp3) is 0.471. The highest BCUT2D eigenvalue weighted by Crippen LogP contribution is 2.30. The zero-order chi connectivity index (χ0) is 16.4. The molecule has 4 nitrogen and oxygen atoms in total. The highest BCUT2D eigenvalue weighted by Gasteiger charge is 2.23. The molecule has 1 heterocycles. The molecule has 22 heavy (non-hydrogen) atoms. The lowest BCUT2D eigenvalue weighted by molar-refractivity contribution is 0.0909. The quantitative estimate of drug-likeness (QED) is 0.888. The van der Waals surface area contributed by atoms with Gasteiger partial charge in [-0.05, 0) is 45.1 Å². The molecule has 1 aromatic heterocycles. The molecule has 0 saturated carbocycles. The van der Waals surface area contributed by atoms with Gasteiger partial charge in [-0.2, -0.15) is 11.8 Å². The van der Waals surface area contributed by atoms with Crippen LogP contribution in [0.2, 0.25) is 0 Å². The number of amides is 1. The molecule has 5 heteroatoms. The van der Waals surface area contributed by atoms with Gasteiger partial charge in [0, 0.05) is 22.2 Å². The van der Waals surface area contributed by atoms with E-state index >= 15 is 0 Å². The molecule has 2 aromatic rings. The summed E-state index contributed by atoms with van der Waals surface area (Å²) < 4.78 is 5.84. The Hall–Kier alpha value is -1.46. The molecule has 0 bridgehead atoms. The zero-order valence-corrected chi connectivity index (χ0v) is 14.5. The lowest BCUT2D eigenvalue weighted by Crippen LogP contribution is -2.41. The summed E-state index contributed by atoms with van der Waals surface area (Å²) in [5.41, 5.74) is 3.77. The zero-order valence-electron chi connectivity index (χ0n) is 13.7. The van der Waals surface area contributed by atoms with Crippen LogP contribution in [-0.4, -0.2) is 35.2 Å². The van der Waals surface area contributed by atoms with Crippen molar-refractivity contribution in [1.82, 2.24) is 5.32 Å². The van der Waals surface area contributed by atoms with Gasteiger partial charge in [0.25, 0.3) is 5.91 Å². The molecule has 2 rings (SSSR count). The number of aliphatic hydroxyl groups excluding tert-OH is 1. The van der Waals surface area contributed by atoms with E-state index in [1.807, 2.05) is 46.1 Å². The molecular weight excluding hydrogens is 298 g/mol. The lowest BCUT2D eigenvalue weighted by atomic mass is 10.0. The fourth-order valence-electron chi connectivity index (χ4n) is 2.69. The van der Waals surface area contributed by atoms with Crippen molar-refractivity contribution >= 4 is 28.6 Å². The van der Waals surface area contributed by atoms with Crippen LogP contribution in [0.1, 0.15) is 34.2 Å². The van der Waals surface area contributed by atoms with Gasteiger partial charge in [0.2, 0.25) is 0 Å². The van der Waals surface area contributed by atoms with Gasteiger partial charge in [0.1, 0.15) is 5.58 Å². The van der Waals surface area contributed by atoms with Crippen molar-refractivity contribution in [1.29, 1.82) is 0 Å². The summed E-state index contributed by atoms with van der Waals surface area (Å²) in [6.07, 6.45) is 1.92. The van der Waals surface area contributed by atoms with E-state index < -0.39 is 0 Å². The molecule has 0 saturated heterocycles. The molecular formula is C17H23NO3S.